The van der Waals surface area contributed by atoms with E-state index < -0.39 is 11.2 Å². The summed E-state index contributed by atoms with van der Waals surface area (Å²) in [7, 11) is 0. The molecule has 0 radical (unpaired) electrons. The molecule has 2 saturated carbocycles. The number of carbonyl (C=O) groups excluding carboxylic acids is 2. The number of aromatic nitrogens is 8. The van der Waals surface area contributed by atoms with Crippen LogP contribution in [0.3, 0.4) is 0 Å². The second-order valence-electron chi connectivity index (χ2n) is 14.6. The number of nitrogens with zero attached hydrogens (tertiary/aromatic N) is 6. The third-order valence-corrected chi connectivity index (χ3v) is 8.39. The number of hydrogen-bond donors (Lipinski definition) is 6. The highest BCUT2D eigenvalue weighted by Crippen LogP contribution is 2.27. The minimum absolute atomic E-state index is 0.0710. The first-order chi connectivity index (χ1) is 24.9. The first-order valence-corrected chi connectivity index (χ1v) is 18.3. The average Bonchev–Trinajstić information content (AvgIpc) is 3.88. The second-order valence-corrected chi connectivity index (χ2v) is 15.7. The number of carbonyl (C=O) groups is 2. The van der Waals surface area contributed by atoms with Gasteiger partial charge in [0.25, 0.3) is 0 Å². The van der Waals surface area contributed by atoms with Gasteiger partial charge in [-0.2, -0.15) is 10.2 Å². The van der Waals surface area contributed by atoms with Crippen LogP contribution in [-0.4, -0.2) is 87.9 Å². The van der Waals surface area contributed by atoms with Crippen LogP contribution < -0.4 is 21.7 Å². The van der Waals surface area contributed by atoms with Crippen LogP contribution in [-0.2, 0) is 9.47 Å². The van der Waals surface area contributed by atoms with E-state index in [1.165, 1.54) is 6.20 Å². The Morgan fingerprint density at radius 3 is 1.72 bits per heavy atom. The molecule has 7 N–H and O–H groups in total. The number of alkyl carbamates (subject to hydrolysis) is 2. The molecule has 2 fully saturated rings. The number of anilines is 1. The quantitative estimate of drug-likeness (QED) is 0.109. The van der Waals surface area contributed by atoms with Gasteiger partial charge in [0.15, 0.2) is 0 Å². The highest BCUT2D eigenvalue weighted by molar-refractivity contribution is 6.33. The zero-order valence-electron chi connectivity index (χ0n) is 30.5. The number of aromatic amines is 2. The van der Waals surface area contributed by atoms with Crippen molar-refractivity contribution in [1.82, 2.24) is 51.0 Å². The van der Waals surface area contributed by atoms with Crippen molar-refractivity contribution in [2.24, 2.45) is 5.73 Å². The molecule has 0 aliphatic heterocycles. The van der Waals surface area contributed by atoms with E-state index in [0.29, 0.717) is 33.1 Å². The molecule has 4 aromatic rings. The lowest BCUT2D eigenvalue weighted by atomic mass is 10.2. The van der Waals surface area contributed by atoms with E-state index in [0.717, 1.165) is 44.2 Å². The predicted molar refractivity (Wildman–Crippen MR) is 204 cm³/mol. The highest BCUT2D eigenvalue weighted by atomic mass is 35.5. The van der Waals surface area contributed by atoms with Crippen LogP contribution in [0.25, 0.3) is 22.8 Å². The standard InChI is InChI=1S/C17H23ClN6O2.C10H20N2O2.C7H4Cl2N4/c1-17(2,3)26-16(25)22-11-5-4-10(8-11)21-15-19-9-12(18)14(23-15)13-6-7-20-24-13;1-10(2,3)14-9(13)12-8-5-4-7(11)6-8;8-4-3-10-7(9)12-6(4)5-1-2-11-13-5/h6-7,9-11H,4-5,8H2,1-3H3,(H,20,24)(H,22,25)(H,19,21,23);7-8H,4-6,11H2,1-3H3,(H,12,13);1-3H,(H,11,13)/t10?,11-;7?,8-;/m11./s1. The maximum atomic E-state index is 11.9. The molecule has 2 amide bonds. The molecular weight excluding hydrogens is 747 g/mol. The number of rotatable bonds is 6. The zero-order chi connectivity index (χ0) is 38.8. The lowest BCUT2D eigenvalue weighted by molar-refractivity contribution is 0.0493. The van der Waals surface area contributed by atoms with Crippen molar-refractivity contribution in [2.45, 2.75) is 115 Å². The van der Waals surface area contributed by atoms with Gasteiger partial charge < -0.3 is 31.2 Å². The van der Waals surface area contributed by atoms with E-state index in [-0.39, 0.29) is 41.6 Å². The number of hydrogen-bond acceptors (Lipinski definition) is 12. The van der Waals surface area contributed by atoms with Gasteiger partial charge >= 0.3 is 12.2 Å². The van der Waals surface area contributed by atoms with Crippen LogP contribution in [0.1, 0.15) is 80.1 Å². The third-order valence-electron chi connectivity index (χ3n) is 7.65. The number of H-pyrrole nitrogens is 2. The van der Waals surface area contributed by atoms with Gasteiger partial charge in [0, 0.05) is 36.6 Å². The fourth-order valence-electron chi connectivity index (χ4n) is 5.46. The smallest absolute Gasteiger partial charge is 0.407 e. The number of amides is 2. The minimum Gasteiger partial charge on any atom is -0.444 e. The minimum atomic E-state index is -0.499. The normalized spacial score (nSPS) is 19.6. The summed E-state index contributed by atoms with van der Waals surface area (Å²) in [6, 6.07) is 4.22. The van der Waals surface area contributed by atoms with Gasteiger partial charge in [-0.25, -0.2) is 29.5 Å². The van der Waals surface area contributed by atoms with E-state index in [2.05, 4.69) is 56.3 Å². The first-order valence-electron chi connectivity index (χ1n) is 17.2. The summed E-state index contributed by atoms with van der Waals surface area (Å²) >= 11 is 17.7. The van der Waals surface area contributed by atoms with Crippen LogP contribution in [0, 0.1) is 0 Å². The Labute approximate surface area is 323 Å². The fourth-order valence-corrected chi connectivity index (χ4v) is 5.98. The lowest BCUT2D eigenvalue weighted by Gasteiger charge is -2.21. The number of nitrogens with two attached hydrogens (primary N) is 1. The predicted octanol–water partition coefficient (Wildman–Crippen LogP) is 6.94. The van der Waals surface area contributed by atoms with Gasteiger partial charge in [0.1, 0.15) is 22.6 Å². The van der Waals surface area contributed by atoms with Crippen LogP contribution >= 0.6 is 34.8 Å². The Hall–Kier alpha value is -4.25. The summed E-state index contributed by atoms with van der Waals surface area (Å²) in [4.78, 5) is 39.7. The number of halogens is 3. The molecular formula is C34H47Cl3N12O4. The Balaban J connectivity index is 0.000000196. The number of nitrogens with one attached hydrogen (secondary N) is 5. The monoisotopic (exact) mass is 792 g/mol. The third kappa shape index (κ3) is 14.2. The fraction of sp³-hybridized carbons (Fsp3) is 0.529. The molecule has 0 spiro atoms. The summed E-state index contributed by atoms with van der Waals surface area (Å²) in [5.74, 6) is 0.502. The van der Waals surface area contributed by atoms with Crippen molar-refractivity contribution in [3.63, 3.8) is 0 Å². The summed E-state index contributed by atoms with van der Waals surface area (Å²) in [6.07, 6.45) is 10.9. The molecule has 4 heterocycles. The van der Waals surface area contributed by atoms with Gasteiger partial charge in [0.2, 0.25) is 11.2 Å². The molecule has 288 valence electrons. The summed E-state index contributed by atoms with van der Waals surface area (Å²) in [5.41, 5.74) is 7.42. The van der Waals surface area contributed by atoms with Crippen LogP contribution in [0.2, 0.25) is 15.3 Å². The Morgan fingerprint density at radius 1 is 0.736 bits per heavy atom. The van der Waals surface area contributed by atoms with Gasteiger partial charge in [0.05, 0.1) is 33.8 Å². The molecule has 19 heteroatoms. The van der Waals surface area contributed by atoms with Crippen LogP contribution in [0.5, 0.6) is 0 Å². The SMILES string of the molecule is CC(C)(C)OC(=O)N[C@@H]1CCC(N)C1.CC(C)(C)OC(=O)N[C@@H]1CCC(Nc2ncc(Cl)c(-c3ccn[nH]3)n2)C1.Clc1ncc(Cl)c(-c2ccn[nH]2)n1. The second kappa shape index (κ2) is 18.7. The number of ether oxygens (including phenoxy) is 2. The Bertz CT molecular complexity index is 1770. The lowest BCUT2D eigenvalue weighted by Crippen LogP contribution is -2.38. The van der Waals surface area contributed by atoms with Crippen molar-refractivity contribution in [2.75, 3.05) is 5.32 Å². The molecule has 0 aromatic carbocycles. The van der Waals surface area contributed by atoms with Gasteiger partial charge in [-0.15, -0.1) is 0 Å². The van der Waals surface area contributed by atoms with E-state index in [4.69, 9.17) is 50.0 Å². The van der Waals surface area contributed by atoms with Gasteiger partial charge in [-0.05, 0) is 104 Å². The Morgan fingerprint density at radius 2 is 1.23 bits per heavy atom. The summed E-state index contributed by atoms with van der Waals surface area (Å²) in [6.45, 7) is 11.1. The van der Waals surface area contributed by atoms with E-state index >= 15 is 0 Å². The summed E-state index contributed by atoms with van der Waals surface area (Å²) in [5, 5.41) is 23.4. The van der Waals surface area contributed by atoms with E-state index in [9.17, 15) is 9.59 Å². The van der Waals surface area contributed by atoms with Crippen LogP contribution in [0.15, 0.2) is 36.9 Å². The van der Waals surface area contributed by atoms with Crippen molar-refractivity contribution in [3.05, 3.63) is 52.2 Å². The van der Waals surface area contributed by atoms with Crippen LogP contribution in [0.4, 0.5) is 15.5 Å². The van der Waals surface area contributed by atoms with E-state index in [1.807, 2.05) is 41.5 Å². The van der Waals surface area contributed by atoms with E-state index in [1.54, 1.807) is 30.7 Å². The van der Waals surface area contributed by atoms with Gasteiger partial charge in [-0.1, -0.05) is 23.2 Å². The van der Waals surface area contributed by atoms with Crippen molar-refractivity contribution >= 4 is 52.9 Å². The van der Waals surface area contributed by atoms with Crippen molar-refractivity contribution in [1.29, 1.82) is 0 Å². The molecule has 4 atom stereocenters. The Kier molecular flexibility index (Phi) is 14.6. The first kappa shape index (κ1) is 41.5. The van der Waals surface area contributed by atoms with Crippen molar-refractivity contribution in [3.8, 4) is 22.8 Å². The zero-order valence-corrected chi connectivity index (χ0v) is 32.8. The maximum Gasteiger partial charge on any atom is 0.407 e. The highest BCUT2D eigenvalue weighted by Gasteiger charge is 2.29. The molecule has 53 heavy (non-hydrogen) atoms. The molecule has 16 nitrogen and oxygen atoms in total. The molecule has 2 aliphatic rings. The molecule has 2 unspecified atom stereocenters. The van der Waals surface area contributed by atoms with Gasteiger partial charge in [-0.3, -0.25) is 10.2 Å². The topological polar surface area (TPSA) is 224 Å². The maximum absolute atomic E-state index is 11.9. The molecule has 0 bridgehead atoms. The molecule has 0 saturated heterocycles. The average molecular weight is 794 g/mol. The molecule has 4 aromatic heterocycles. The largest absolute Gasteiger partial charge is 0.444 e. The summed E-state index contributed by atoms with van der Waals surface area (Å²) < 4.78 is 10.4. The molecule has 2 aliphatic carbocycles. The van der Waals surface area contributed by atoms with Crippen molar-refractivity contribution < 1.29 is 19.1 Å². The molecule has 6 rings (SSSR count).